The maximum atomic E-state index is 13.1. The van der Waals surface area contributed by atoms with Crippen molar-refractivity contribution in [3.8, 4) is 5.75 Å². The number of rotatable bonds is 7. The van der Waals surface area contributed by atoms with Crippen LogP contribution >= 0.6 is 46.7 Å². The lowest BCUT2D eigenvalue weighted by atomic mass is 10.3. The standard InChI is InChI=1S/C18H20ClN3O2S2.ClH/c1-4-24-12-6-5-7-13-16(12)20-18(26-13)22(11-10-21(2)3)17(23)14-8-9-15(19)25-14;/h5-9H,4,10-11H2,1-3H3;1H. The van der Waals surface area contributed by atoms with Crippen LogP contribution in [-0.4, -0.2) is 49.6 Å². The molecule has 1 aromatic carbocycles. The average molecular weight is 446 g/mol. The summed E-state index contributed by atoms with van der Waals surface area (Å²) in [4.78, 5) is 22.1. The van der Waals surface area contributed by atoms with E-state index < -0.39 is 0 Å². The summed E-state index contributed by atoms with van der Waals surface area (Å²) in [6.07, 6.45) is 0. The molecule has 3 aromatic rings. The first-order valence-corrected chi connectivity index (χ1v) is 10.2. The Morgan fingerprint density at radius 1 is 1.19 bits per heavy atom. The topological polar surface area (TPSA) is 45.7 Å². The summed E-state index contributed by atoms with van der Waals surface area (Å²) in [5.41, 5.74) is 0.793. The maximum absolute atomic E-state index is 13.1. The Morgan fingerprint density at radius 2 is 1.96 bits per heavy atom. The first kappa shape index (κ1) is 21.9. The fourth-order valence-corrected chi connectivity index (χ4v) is 4.44. The number of para-hydroxylation sites is 1. The van der Waals surface area contributed by atoms with Gasteiger partial charge in [-0.25, -0.2) is 4.98 Å². The Bertz CT molecular complexity index is 911. The van der Waals surface area contributed by atoms with Crippen molar-refractivity contribution in [3.05, 3.63) is 39.5 Å². The highest BCUT2D eigenvalue weighted by atomic mass is 35.5. The molecule has 0 aliphatic heterocycles. The van der Waals surface area contributed by atoms with Gasteiger partial charge in [0.05, 0.1) is 20.5 Å². The molecule has 3 rings (SSSR count). The number of hydrogen-bond donors (Lipinski definition) is 0. The van der Waals surface area contributed by atoms with E-state index in [2.05, 4.69) is 0 Å². The summed E-state index contributed by atoms with van der Waals surface area (Å²) in [6.45, 7) is 3.80. The zero-order chi connectivity index (χ0) is 18.7. The second-order valence-corrected chi connectivity index (χ2v) is 8.62. The van der Waals surface area contributed by atoms with E-state index in [1.807, 2.05) is 44.1 Å². The number of halogens is 2. The highest BCUT2D eigenvalue weighted by Gasteiger charge is 2.23. The van der Waals surface area contributed by atoms with Gasteiger partial charge in [0, 0.05) is 13.1 Å². The van der Waals surface area contributed by atoms with Gasteiger partial charge in [0.1, 0.15) is 11.3 Å². The van der Waals surface area contributed by atoms with Crippen LogP contribution in [0.2, 0.25) is 4.34 Å². The molecule has 0 N–H and O–H groups in total. The van der Waals surface area contributed by atoms with Gasteiger partial charge in [0.15, 0.2) is 5.13 Å². The number of nitrogens with zero attached hydrogens (tertiary/aromatic N) is 3. The van der Waals surface area contributed by atoms with Crippen molar-refractivity contribution in [1.29, 1.82) is 0 Å². The summed E-state index contributed by atoms with van der Waals surface area (Å²) >= 11 is 8.79. The zero-order valence-corrected chi connectivity index (χ0v) is 18.5. The number of carbonyl (C=O) groups excluding carboxylic acids is 1. The molecule has 2 aromatic heterocycles. The minimum atomic E-state index is -0.0826. The van der Waals surface area contributed by atoms with E-state index in [1.165, 1.54) is 22.7 Å². The van der Waals surface area contributed by atoms with Crippen molar-refractivity contribution in [1.82, 2.24) is 9.88 Å². The number of likely N-dealkylation sites (N-methyl/N-ethyl adjacent to an activating group) is 1. The van der Waals surface area contributed by atoms with Crippen molar-refractivity contribution >= 4 is 67.9 Å². The molecule has 0 aliphatic carbocycles. The van der Waals surface area contributed by atoms with Crippen LogP contribution in [-0.2, 0) is 0 Å². The highest BCUT2D eigenvalue weighted by molar-refractivity contribution is 7.22. The van der Waals surface area contributed by atoms with E-state index in [0.717, 1.165) is 22.5 Å². The molecule has 0 radical (unpaired) electrons. The maximum Gasteiger partial charge on any atom is 0.270 e. The van der Waals surface area contributed by atoms with Gasteiger partial charge in [-0.15, -0.1) is 23.7 Å². The smallest absolute Gasteiger partial charge is 0.270 e. The number of fused-ring (bicyclic) bond motifs is 1. The molecule has 0 bridgehead atoms. The predicted molar refractivity (Wildman–Crippen MR) is 118 cm³/mol. The normalized spacial score (nSPS) is 10.9. The number of anilines is 1. The molecule has 0 aliphatic rings. The average Bonchev–Trinajstić information content (AvgIpc) is 3.21. The summed E-state index contributed by atoms with van der Waals surface area (Å²) in [7, 11) is 3.96. The van der Waals surface area contributed by atoms with Crippen molar-refractivity contribution in [2.24, 2.45) is 0 Å². The third-order valence-electron chi connectivity index (χ3n) is 3.70. The third kappa shape index (κ3) is 5.12. The van der Waals surface area contributed by atoms with Gasteiger partial charge in [-0.2, -0.15) is 0 Å². The van der Waals surface area contributed by atoms with Crippen LogP contribution in [0.5, 0.6) is 5.75 Å². The Hall–Kier alpha value is -1.38. The Balaban J connectivity index is 0.00000261. The highest BCUT2D eigenvalue weighted by Crippen LogP contribution is 2.35. The molecule has 0 spiro atoms. The fourth-order valence-electron chi connectivity index (χ4n) is 2.45. The summed E-state index contributed by atoms with van der Waals surface area (Å²) < 4.78 is 7.27. The molecule has 5 nitrogen and oxygen atoms in total. The number of thiophene rings is 1. The first-order chi connectivity index (χ1) is 12.5. The minimum absolute atomic E-state index is 0. The molecular formula is C18H21Cl2N3O2S2. The molecule has 0 saturated heterocycles. The van der Waals surface area contributed by atoms with Gasteiger partial charge in [-0.05, 0) is 45.3 Å². The lowest BCUT2D eigenvalue weighted by Gasteiger charge is -2.21. The number of amides is 1. The molecule has 0 fully saturated rings. The van der Waals surface area contributed by atoms with Crippen LogP contribution < -0.4 is 9.64 Å². The molecule has 9 heteroatoms. The third-order valence-corrected chi connectivity index (χ3v) is 5.96. The molecule has 2 heterocycles. The van der Waals surface area contributed by atoms with E-state index in [1.54, 1.807) is 17.0 Å². The zero-order valence-electron chi connectivity index (χ0n) is 15.3. The lowest BCUT2D eigenvalue weighted by molar-refractivity contribution is 0.0989. The van der Waals surface area contributed by atoms with Gasteiger partial charge in [0.2, 0.25) is 0 Å². The Morgan fingerprint density at radius 3 is 2.59 bits per heavy atom. The summed E-state index contributed by atoms with van der Waals surface area (Å²) in [5.74, 6) is 0.660. The van der Waals surface area contributed by atoms with Gasteiger partial charge in [-0.1, -0.05) is 29.0 Å². The Kier molecular flexibility index (Phi) is 7.88. The van der Waals surface area contributed by atoms with Crippen molar-refractivity contribution in [2.75, 3.05) is 38.7 Å². The van der Waals surface area contributed by atoms with Crippen LogP contribution in [0.15, 0.2) is 30.3 Å². The first-order valence-electron chi connectivity index (χ1n) is 8.24. The van der Waals surface area contributed by atoms with E-state index >= 15 is 0 Å². The molecule has 0 atom stereocenters. The number of benzene rings is 1. The van der Waals surface area contributed by atoms with Crippen LogP contribution in [0.25, 0.3) is 10.2 Å². The van der Waals surface area contributed by atoms with E-state index in [4.69, 9.17) is 21.3 Å². The molecule has 27 heavy (non-hydrogen) atoms. The predicted octanol–water partition coefficient (Wildman–Crippen LogP) is 5.04. The van der Waals surface area contributed by atoms with Crippen molar-refractivity contribution in [3.63, 3.8) is 0 Å². The van der Waals surface area contributed by atoms with Gasteiger partial charge in [-0.3, -0.25) is 9.69 Å². The second-order valence-electron chi connectivity index (χ2n) is 5.90. The monoisotopic (exact) mass is 445 g/mol. The lowest BCUT2D eigenvalue weighted by Crippen LogP contribution is -2.36. The molecule has 0 saturated carbocycles. The van der Waals surface area contributed by atoms with E-state index in [-0.39, 0.29) is 18.3 Å². The van der Waals surface area contributed by atoms with Crippen molar-refractivity contribution in [2.45, 2.75) is 6.92 Å². The number of carbonyl (C=O) groups is 1. The Labute approximate surface area is 177 Å². The van der Waals surface area contributed by atoms with Gasteiger partial charge < -0.3 is 9.64 Å². The van der Waals surface area contributed by atoms with Crippen LogP contribution in [0.1, 0.15) is 16.6 Å². The van der Waals surface area contributed by atoms with E-state index in [0.29, 0.717) is 27.5 Å². The van der Waals surface area contributed by atoms with Crippen LogP contribution in [0.4, 0.5) is 5.13 Å². The largest absolute Gasteiger partial charge is 0.492 e. The molecule has 0 unspecified atom stereocenters. The number of thiazole rings is 1. The molecular weight excluding hydrogens is 425 g/mol. The summed E-state index contributed by atoms with van der Waals surface area (Å²) in [6, 6.07) is 9.35. The quantitative estimate of drug-likeness (QED) is 0.510. The minimum Gasteiger partial charge on any atom is -0.492 e. The fraction of sp³-hybridized carbons (Fsp3) is 0.333. The summed E-state index contributed by atoms with van der Waals surface area (Å²) in [5, 5.41) is 0.670. The molecule has 146 valence electrons. The number of ether oxygens (including phenoxy) is 1. The SMILES string of the molecule is CCOc1cccc2sc(N(CCN(C)C)C(=O)c3ccc(Cl)s3)nc12.Cl. The van der Waals surface area contributed by atoms with Gasteiger partial charge >= 0.3 is 0 Å². The van der Waals surface area contributed by atoms with Crippen LogP contribution in [0, 0.1) is 0 Å². The molecule has 1 amide bonds. The number of hydrogen-bond acceptors (Lipinski definition) is 6. The van der Waals surface area contributed by atoms with Crippen LogP contribution in [0.3, 0.4) is 0 Å². The van der Waals surface area contributed by atoms with E-state index in [9.17, 15) is 4.79 Å². The van der Waals surface area contributed by atoms with Crippen molar-refractivity contribution < 1.29 is 9.53 Å². The number of aromatic nitrogens is 1. The second kappa shape index (κ2) is 9.71. The van der Waals surface area contributed by atoms with Gasteiger partial charge in [0.25, 0.3) is 5.91 Å².